The highest BCUT2D eigenvalue weighted by atomic mass is 16.5. The topological polar surface area (TPSA) is 67.6 Å². The normalized spacial score (nSPS) is 18.8. The quantitative estimate of drug-likeness (QED) is 0.870. The maximum absolute atomic E-state index is 11.7. The maximum Gasteiger partial charge on any atom is 0.250 e. The van der Waals surface area contributed by atoms with Gasteiger partial charge in [-0.2, -0.15) is 0 Å². The Morgan fingerprint density at radius 1 is 1.19 bits per heavy atom. The third-order valence-electron chi connectivity index (χ3n) is 5.01. The van der Waals surface area contributed by atoms with Gasteiger partial charge in [0.15, 0.2) is 0 Å². The molecule has 2 heterocycles. The van der Waals surface area contributed by atoms with Crippen molar-refractivity contribution >= 4 is 17.7 Å². The lowest BCUT2D eigenvalue weighted by molar-refractivity contribution is 0.100. The summed E-state index contributed by atoms with van der Waals surface area (Å²) in [6.07, 6.45) is 3.25. The summed E-state index contributed by atoms with van der Waals surface area (Å²) < 4.78 is 5.81. The Bertz CT molecular complexity index is 847. The van der Waals surface area contributed by atoms with Crippen molar-refractivity contribution in [1.82, 2.24) is 5.32 Å². The van der Waals surface area contributed by atoms with Crippen LogP contribution in [0.15, 0.2) is 54.1 Å². The van der Waals surface area contributed by atoms with Gasteiger partial charge in [0.2, 0.25) is 0 Å². The highest BCUT2D eigenvalue weighted by molar-refractivity contribution is 5.98. The second-order valence-electron chi connectivity index (χ2n) is 6.82. The van der Waals surface area contributed by atoms with Crippen LogP contribution in [0.1, 0.15) is 22.3 Å². The van der Waals surface area contributed by atoms with E-state index < -0.39 is 0 Å². The predicted octanol–water partition coefficient (Wildman–Crippen LogP) is 2.43. The third-order valence-corrected chi connectivity index (χ3v) is 5.01. The highest BCUT2D eigenvalue weighted by Gasteiger charge is 2.25. The minimum Gasteiger partial charge on any atom is -0.489 e. The van der Waals surface area contributed by atoms with E-state index >= 15 is 0 Å². The van der Waals surface area contributed by atoms with Crippen LogP contribution in [0.25, 0.3) is 6.08 Å². The molecule has 4 rings (SSSR count). The number of ether oxygens (including phenoxy) is 1. The second-order valence-corrected chi connectivity index (χ2v) is 6.82. The van der Waals surface area contributed by atoms with Gasteiger partial charge in [0.1, 0.15) is 12.4 Å². The number of fused-ring (bicyclic) bond motifs is 1. The molecule has 0 radical (unpaired) electrons. The molecule has 1 amide bonds. The Kier molecular flexibility index (Phi) is 4.63. The van der Waals surface area contributed by atoms with Crippen molar-refractivity contribution in [3.63, 3.8) is 0 Å². The fraction of sp³-hybridized carbons (Fsp3) is 0.286. The van der Waals surface area contributed by atoms with Crippen LogP contribution < -0.4 is 20.7 Å². The first-order valence-corrected chi connectivity index (χ1v) is 8.99. The molecule has 3 N–H and O–H groups in total. The van der Waals surface area contributed by atoms with Crippen molar-refractivity contribution in [2.24, 2.45) is 5.73 Å². The molecule has 1 atom stereocenters. The molecule has 2 aromatic rings. The van der Waals surface area contributed by atoms with Gasteiger partial charge in [0.25, 0.3) is 5.91 Å². The molecule has 0 saturated carbocycles. The Balaban J connectivity index is 1.37. The Morgan fingerprint density at radius 3 is 2.88 bits per heavy atom. The number of carbonyl (C=O) groups excluding carboxylic acids is 1. The van der Waals surface area contributed by atoms with Crippen molar-refractivity contribution in [3.05, 3.63) is 65.2 Å². The number of rotatable bonds is 5. The van der Waals surface area contributed by atoms with Gasteiger partial charge in [0, 0.05) is 36.9 Å². The Labute approximate surface area is 153 Å². The lowest BCUT2D eigenvalue weighted by Gasteiger charge is -2.22. The molecule has 2 aliphatic heterocycles. The van der Waals surface area contributed by atoms with Gasteiger partial charge in [-0.1, -0.05) is 30.3 Å². The minimum absolute atomic E-state index is 0.375. The van der Waals surface area contributed by atoms with E-state index in [9.17, 15) is 4.79 Å². The first-order chi connectivity index (χ1) is 12.7. The summed E-state index contributed by atoms with van der Waals surface area (Å²) >= 11 is 0. The lowest BCUT2D eigenvalue weighted by atomic mass is 10.1. The van der Waals surface area contributed by atoms with Gasteiger partial charge in [-0.3, -0.25) is 4.79 Å². The first kappa shape index (κ1) is 16.7. The van der Waals surface area contributed by atoms with Crippen LogP contribution in [0.3, 0.4) is 0 Å². The van der Waals surface area contributed by atoms with Crippen molar-refractivity contribution in [2.45, 2.75) is 12.5 Å². The SMILES string of the molecule is NC(=O)c1ccccc1N1CCC(NCC2=Cc3ccccc3OC2)C1. The number of nitrogens with zero attached hydrogens (tertiary/aromatic N) is 1. The van der Waals surface area contributed by atoms with Crippen LogP contribution in [0.2, 0.25) is 0 Å². The number of amides is 1. The molecule has 134 valence electrons. The van der Waals surface area contributed by atoms with Crippen molar-refractivity contribution in [2.75, 3.05) is 31.1 Å². The summed E-state index contributed by atoms with van der Waals surface area (Å²) in [6.45, 7) is 3.23. The molecule has 1 unspecified atom stereocenters. The number of hydrogen-bond acceptors (Lipinski definition) is 4. The molecule has 2 aromatic carbocycles. The van der Waals surface area contributed by atoms with Crippen molar-refractivity contribution in [1.29, 1.82) is 0 Å². The molecule has 0 spiro atoms. The lowest BCUT2D eigenvalue weighted by Crippen LogP contribution is -2.35. The van der Waals surface area contributed by atoms with Crippen LogP contribution in [0, 0.1) is 0 Å². The van der Waals surface area contributed by atoms with E-state index in [-0.39, 0.29) is 5.91 Å². The van der Waals surface area contributed by atoms with Crippen LogP contribution in [0.4, 0.5) is 5.69 Å². The average Bonchev–Trinajstić information content (AvgIpc) is 3.15. The molecule has 1 fully saturated rings. The van der Waals surface area contributed by atoms with E-state index in [2.05, 4.69) is 22.4 Å². The molecule has 2 aliphatic rings. The zero-order valence-corrected chi connectivity index (χ0v) is 14.7. The first-order valence-electron chi connectivity index (χ1n) is 8.99. The Hall–Kier alpha value is -2.79. The molecular weight excluding hydrogens is 326 g/mol. The number of primary amides is 1. The smallest absolute Gasteiger partial charge is 0.250 e. The second kappa shape index (κ2) is 7.22. The van der Waals surface area contributed by atoms with Crippen molar-refractivity contribution in [3.8, 4) is 5.75 Å². The van der Waals surface area contributed by atoms with Gasteiger partial charge in [0.05, 0.1) is 5.56 Å². The fourth-order valence-corrected chi connectivity index (χ4v) is 3.64. The third kappa shape index (κ3) is 3.44. The minimum atomic E-state index is -0.375. The summed E-state index contributed by atoms with van der Waals surface area (Å²) in [5, 5.41) is 3.62. The van der Waals surface area contributed by atoms with Gasteiger partial charge < -0.3 is 20.7 Å². The van der Waals surface area contributed by atoms with Gasteiger partial charge in [-0.15, -0.1) is 0 Å². The van der Waals surface area contributed by atoms with E-state index in [0.29, 0.717) is 18.2 Å². The molecule has 0 bridgehead atoms. The number of carbonyl (C=O) groups is 1. The molecule has 1 saturated heterocycles. The predicted molar refractivity (Wildman–Crippen MR) is 103 cm³/mol. The molecule has 26 heavy (non-hydrogen) atoms. The summed E-state index contributed by atoms with van der Waals surface area (Å²) in [5.41, 5.74) is 9.42. The fourth-order valence-electron chi connectivity index (χ4n) is 3.64. The van der Waals surface area contributed by atoms with E-state index in [1.807, 2.05) is 36.4 Å². The summed E-state index contributed by atoms with van der Waals surface area (Å²) in [4.78, 5) is 13.9. The van der Waals surface area contributed by atoms with Crippen LogP contribution >= 0.6 is 0 Å². The zero-order chi connectivity index (χ0) is 17.9. The van der Waals surface area contributed by atoms with Crippen LogP contribution in [-0.2, 0) is 0 Å². The number of hydrogen-bond donors (Lipinski definition) is 2. The maximum atomic E-state index is 11.7. The largest absolute Gasteiger partial charge is 0.489 e. The number of nitrogens with two attached hydrogens (primary N) is 1. The monoisotopic (exact) mass is 349 g/mol. The number of nitrogens with one attached hydrogen (secondary N) is 1. The van der Waals surface area contributed by atoms with E-state index in [1.54, 1.807) is 6.07 Å². The van der Waals surface area contributed by atoms with E-state index in [0.717, 1.165) is 43.1 Å². The highest BCUT2D eigenvalue weighted by Crippen LogP contribution is 2.26. The standard InChI is InChI=1S/C21H23N3O2/c22-21(25)18-6-2-3-7-19(18)24-10-9-17(13-24)23-12-15-11-16-5-1-4-8-20(16)26-14-15/h1-8,11,17,23H,9-10,12-14H2,(H2,22,25). The number of benzene rings is 2. The van der Waals surface area contributed by atoms with Crippen LogP contribution in [-0.4, -0.2) is 38.2 Å². The average molecular weight is 349 g/mol. The summed E-state index contributed by atoms with van der Waals surface area (Å²) in [7, 11) is 0. The summed E-state index contributed by atoms with van der Waals surface area (Å²) in [5.74, 6) is 0.575. The summed E-state index contributed by atoms with van der Waals surface area (Å²) in [6, 6.07) is 16.0. The zero-order valence-electron chi connectivity index (χ0n) is 14.7. The molecular formula is C21H23N3O2. The van der Waals surface area contributed by atoms with E-state index in [4.69, 9.17) is 10.5 Å². The number of para-hydroxylation sites is 2. The number of anilines is 1. The van der Waals surface area contributed by atoms with Crippen molar-refractivity contribution < 1.29 is 9.53 Å². The van der Waals surface area contributed by atoms with E-state index in [1.165, 1.54) is 5.57 Å². The van der Waals surface area contributed by atoms with Crippen LogP contribution in [0.5, 0.6) is 5.75 Å². The Morgan fingerprint density at radius 2 is 2.00 bits per heavy atom. The van der Waals surface area contributed by atoms with Gasteiger partial charge >= 0.3 is 0 Å². The molecule has 0 aliphatic carbocycles. The molecule has 5 heteroatoms. The van der Waals surface area contributed by atoms with Gasteiger partial charge in [-0.25, -0.2) is 0 Å². The molecule has 0 aromatic heterocycles. The molecule has 5 nitrogen and oxygen atoms in total. The van der Waals surface area contributed by atoms with Gasteiger partial charge in [-0.05, 0) is 36.3 Å².